The molecule has 0 radical (unpaired) electrons. The first-order valence-electron chi connectivity index (χ1n) is 6.43. The maximum absolute atomic E-state index is 12.1. The Morgan fingerprint density at radius 3 is 2.32 bits per heavy atom. The molecule has 4 heteroatoms. The smallest absolute Gasteiger partial charge is 0.253 e. The Morgan fingerprint density at radius 1 is 1.21 bits per heavy atom. The number of hydrogen-bond donors (Lipinski definition) is 0. The molecule has 0 atom stereocenters. The van der Waals surface area contributed by atoms with E-state index in [0.717, 1.165) is 31.6 Å². The molecule has 1 aromatic rings. The highest BCUT2D eigenvalue weighted by Crippen LogP contribution is 2.17. The Morgan fingerprint density at radius 2 is 1.79 bits per heavy atom. The van der Waals surface area contributed by atoms with E-state index in [1.807, 2.05) is 4.90 Å². The summed E-state index contributed by atoms with van der Waals surface area (Å²) in [6.07, 6.45) is 3.43. The number of hydrogen-bond acceptors (Lipinski definition) is 2. The molecule has 1 saturated heterocycles. The molecule has 19 heavy (non-hydrogen) atoms. The number of likely N-dealkylation sites (N-methyl/N-ethyl adjacent to an activating group) is 1. The molecule has 1 aliphatic heterocycles. The van der Waals surface area contributed by atoms with Gasteiger partial charge in [-0.15, -0.1) is 0 Å². The van der Waals surface area contributed by atoms with Crippen LogP contribution >= 0.6 is 0 Å². The lowest BCUT2D eigenvalue weighted by molar-refractivity contribution is -0.113. The summed E-state index contributed by atoms with van der Waals surface area (Å²) < 4.78 is 0. The van der Waals surface area contributed by atoms with Crippen molar-refractivity contribution in [3.05, 3.63) is 42.5 Å². The Labute approximate surface area is 113 Å². The largest absolute Gasteiger partial charge is 0.339 e. The topological polar surface area (TPSA) is 40.6 Å². The summed E-state index contributed by atoms with van der Waals surface area (Å²) in [5, 5.41) is 0. The predicted octanol–water partition coefficient (Wildman–Crippen LogP) is 2.07. The van der Waals surface area contributed by atoms with Crippen molar-refractivity contribution in [1.82, 2.24) is 4.90 Å². The molecule has 0 saturated carbocycles. The third kappa shape index (κ3) is 2.84. The monoisotopic (exact) mass is 258 g/mol. The van der Waals surface area contributed by atoms with E-state index < -0.39 is 0 Å². The number of nitrogens with zero attached hydrogens (tertiary/aromatic N) is 2. The third-order valence-corrected chi connectivity index (χ3v) is 3.40. The fourth-order valence-corrected chi connectivity index (χ4v) is 2.19. The Balaban J connectivity index is 2.11. The number of carbonyl (C=O) groups excluding carboxylic acids is 2. The maximum atomic E-state index is 12.1. The van der Waals surface area contributed by atoms with Gasteiger partial charge in [0, 0.05) is 31.4 Å². The van der Waals surface area contributed by atoms with Crippen molar-refractivity contribution >= 4 is 17.5 Å². The molecule has 0 bridgehead atoms. The summed E-state index contributed by atoms with van der Waals surface area (Å²) in [4.78, 5) is 27.0. The van der Waals surface area contributed by atoms with E-state index in [1.165, 1.54) is 11.0 Å². The van der Waals surface area contributed by atoms with Gasteiger partial charge in [0.1, 0.15) is 0 Å². The van der Waals surface area contributed by atoms with Crippen LogP contribution in [0.25, 0.3) is 0 Å². The van der Waals surface area contributed by atoms with Crippen molar-refractivity contribution in [2.75, 3.05) is 25.0 Å². The minimum Gasteiger partial charge on any atom is -0.339 e. The van der Waals surface area contributed by atoms with Gasteiger partial charge >= 0.3 is 0 Å². The molecule has 0 aromatic heterocycles. The Kier molecular flexibility index (Phi) is 4.00. The van der Waals surface area contributed by atoms with Gasteiger partial charge < -0.3 is 9.80 Å². The van der Waals surface area contributed by atoms with Crippen LogP contribution in [0.4, 0.5) is 5.69 Å². The highest BCUT2D eigenvalue weighted by molar-refractivity contribution is 6.01. The summed E-state index contributed by atoms with van der Waals surface area (Å²) in [6, 6.07) is 7.10. The summed E-state index contributed by atoms with van der Waals surface area (Å²) in [6.45, 7) is 5.14. The van der Waals surface area contributed by atoms with Crippen LogP contribution in [-0.4, -0.2) is 36.9 Å². The second-order valence-electron chi connectivity index (χ2n) is 4.65. The minimum absolute atomic E-state index is 0.0711. The summed E-state index contributed by atoms with van der Waals surface area (Å²) >= 11 is 0. The first kappa shape index (κ1) is 13.3. The van der Waals surface area contributed by atoms with E-state index in [-0.39, 0.29) is 11.8 Å². The Bertz CT molecular complexity index is 487. The standard InChI is InChI=1S/C15H18N2O2/c1-3-14(18)16(2)13-8-6-12(7-9-13)15(19)17-10-4-5-11-17/h3,6-9H,1,4-5,10-11H2,2H3. The fourth-order valence-electron chi connectivity index (χ4n) is 2.19. The molecule has 1 heterocycles. The number of carbonyl (C=O) groups is 2. The van der Waals surface area contributed by atoms with Crippen molar-refractivity contribution < 1.29 is 9.59 Å². The second kappa shape index (κ2) is 5.69. The van der Waals surface area contributed by atoms with Crippen molar-refractivity contribution in [3.63, 3.8) is 0 Å². The van der Waals surface area contributed by atoms with E-state index >= 15 is 0 Å². The third-order valence-electron chi connectivity index (χ3n) is 3.40. The fraction of sp³-hybridized carbons (Fsp3) is 0.333. The lowest BCUT2D eigenvalue weighted by Gasteiger charge is -2.17. The van der Waals surface area contributed by atoms with Crippen molar-refractivity contribution in [1.29, 1.82) is 0 Å². The average Bonchev–Trinajstić information content (AvgIpc) is 2.99. The van der Waals surface area contributed by atoms with Crippen LogP contribution in [0.1, 0.15) is 23.2 Å². The number of anilines is 1. The summed E-state index contributed by atoms with van der Waals surface area (Å²) in [7, 11) is 1.68. The van der Waals surface area contributed by atoms with Crippen LogP contribution in [0, 0.1) is 0 Å². The second-order valence-corrected chi connectivity index (χ2v) is 4.65. The average molecular weight is 258 g/mol. The van der Waals surface area contributed by atoms with E-state index in [2.05, 4.69) is 6.58 Å². The molecule has 0 aliphatic carbocycles. The van der Waals surface area contributed by atoms with Crippen molar-refractivity contribution in [2.45, 2.75) is 12.8 Å². The van der Waals surface area contributed by atoms with Crippen LogP contribution in [0.15, 0.2) is 36.9 Å². The first-order chi connectivity index (χ1) is 9.13. The van der Waals surface area contributed by atoms with Gasteiger partial charge in [-0.25, -0.2) is 0 Å². The first-order valence-corrected chi connectivity index (χ1v) is 6.43. The zero-order valence-corrected chi connectivity index (χ0v) is 11.1. The highest BCUT2D eigenvalue weighted by Gasteiger charge is 2.19. The molecule has 1 aromatic carbocycles. The lowest BCUT2D eigenvalue weighted by atomic mass is 10.1. The van der Waals surface area contributed by atoms with Crippen LogP contribution < -0.4 is 4.90 Å². The molecule has 100 valence electrons. The molecule has 1 fully saturated rings. The molecule has 0 N–H and O–H groups in total. The molecule has 2 rings (SSSR count). The molecule has 0 unspecified atom stereocenters. The van der Waals surface area contributed by atoms with Gasteiger partial charge in [-0.3, -0.25) is 9.59 Å². The van der Waals surface area contributed by atoms with Gasteiger partial charge in [-0.05, 0) is 43.2 Å². The zero-order valence-electron chi connectivity index (χ0n) is 11.1. The molecular formula is C15H18N2O2. The van der Waals surface area contributed by atoms with Crippen LogP contribution in [0.5, 0.6) is 0 Å². The van der Waals surface area contributed by atoms with Crippen LogP contribution in [-0.2, 0) is 4.79 Å². The molecule has 1 aliphatic rings. The van der Waals surface area contributed by atoms with Crippen molar-refractivity contribution in [2.24, 2.45) is 0 Å². The van der Waals surface area contributed by atoms with Gasteiger partial charge in [0.15, 0.2) is 0 Å². The van der Waals surface area contributed by atoms with Crippen LogP contribution in [0.2, 0.25) is 0 Å². The predicted molar refractivity (Wildman–Crippen MR) is 75.2 cm³/mol. The number of rotatable bonds is 3. The van der Waals surface area contributed by atoms with Gasteiger partial charge in [0.2, 0.25) is 5.91 Å². The van der Waals surface area contributed by atoms with E-state index in [9.17, 15) is 9.59 Å². The minimum atomic E-state index is -0.168. The van der Waals surface area contributed by atoms with E-state index in [4.69, 9.17) is 0 Å². The molecule has 4 nitrogen and oxygen atoms in total. The molecule has 2 amide bonds. The number of benzene rings is 1. The lowest BCUT2D eigenvalue weighted by Crippen LogP contribution is -2.28. The van der Waals surface area contributed by atoms with Gasteiger partial charge in [-0.2, -0.15) is 0 Å². The Hall–Kier alpha value is -2.10. The van der Waals surface area contributed by atoms with E-state index in [0.29, 0.717) is 5.56 Å². The van der Waals surface area contributed by atoms with E-state index in [1.54, 1.807) is 31.3 Å². The maximum Gasteiger partial charge on any atom is 0.253 e. The number of likely N-dealkylation sites (tertiary alicyclic amines) is 1. The van der Waals surface area contributed by atoms with Gasteiger partial charge in [0.05, 0.1) is 0 Å². The normalized spacial score (nSPS) is 14.3. The molecule has 0 spiro atoms. The molecular weight excluding hydrogens is 240 g/mol. The number of amides is 2. The van der Waals surface area contributed by atoms with Crippen LogP contribution in [0.3, 0.4) is 0 Å². The summed E-state index contributed by atoms with van der Waals surface area (Å²) in [5.41, 5.74) is 1.42. The highest BCUT2D eigenvalue weighted by atomic mass is 16.2. The SMILES string of the molecule is C=CC(=O)N(C)c1ccc(C(=O)N2CCCC2)cc1. The quantitative estimate of drug-likeness (QED) is 0.779. The van der Waals surface area contributed by atoms with Gasteiger partial charge in [-0.1, -0.05) is 6.58 Å². The summed E-state index contributed by atoms with van der Waals surface area (Å²) in [5.74, 6) is -0.0969. The van der Waals surface area contributed by atoms with Crippen molar-refractivity contribution in [3.8, 4) is 0 Å². The zero-order chi connectivity index (χ0) is 13.8. The van der Waals surface area contributed by atoms with Gasteiger partial charge in [0.25, 0.3) is 5.91 Å².